The Balaban J connectivity index is 1.77. The quantitative estimate of drug-likeness (QED) is 0.837. The van der Waals surface area contributed by atoms with Gasteiger partial charge in [-0.3, -0.25) is 0 Å². The summed E-state index contributed by atoms with van der Waals surface area (Å²) in [6, 6.07) is 6.25. The lowest BCUT2D eigenvalue weighted by molar-refractivity contribution is 0.00508. The van der Waals surface area contributed by atoms with Crippen LogP contribution in [0.25, 0.3) is 0 Å². The molecule has 1 aromatic rings. The lowest BCUT2D eigenvalue weighted by atomic mass is 9.90. The molecule has 1 fully saturated rings. The summed E-state index contributed by atoms with van der Waals surface area (Å²) in [5, 5.41) is 3.40. The number of benzene rings is 1. The van der Waals surface area contributed by atoms with E-state index < -0.39 is 5.92 Å². The Kier molecular flexibility index (Phi) is 3.00. The van der Waals surface area contributed by atoms with Crippen LogP contribution in [0.4, 0.5) is 14.5 Å². The van der Waals surface area contributed by atoms with E-state index >= 15 is 0 Å². The summed E-state index contributed by atoms with van der Waals surface area (Å²) in [4.78, 5) is 0. The smallest absolute Gasteiger partial charge is 0.248 e. The summed E-state index contributed by atoms with van der Waals surface area (Å²) in [6.45, 7) is 1.03. The van der Waals surface area contributed by atoms with Gasteiger partial charge < -0.3 is 5.32 Å². The Hall–Kier alpha value is -1.12. The zero-order chi connectivity index (χ0) is 12.6. The van der Waals surface area contributed by atoms with Crippen LogP contribution in [0.2, 0.25) is 0 Å². The third-order valence-corrected chi connectivity index (χ3v) is 4.21. The molecular formula is C15H19F2N. The summed E-state index contributed by atoms with van der Waals surface area (Å²) in [5.74, 6) is -2.26. The van der Waals surface area contributed by atoms with Gasteiger partial charge in [-0.15, -0.1) is 0 Å². The van der Waals surface area contributed by atoms with E-state index in [2.05, 4.69) is 17.4 Å². The van der Waals surface area contributed by atoms with Crippen molar-refractivity contribution < 1.29 is 8.78 Å². The van der Waals surface area contributed by atoms with Gasteiger partial charge in [0, 0.05) is 25.1 Å². The molecule has 0 saturated heterocycles. The number of halogens is 2. The van der Waals surface area contributed by atoms with E-state index in [0.29, 0.717) is 6.42 Å². The molecule has 1 aliphatic heterocycles. The molecular weight excluding hydrogens is 232 g/mol. The number of nitrogens with one attached hydrogen (secondary N) is 1. The standard InChI is InChI=1S/C15H19F2N/c16-15(17)7-6-11(10-15)9-12-3-1-5-14-13(12)4-2-8-18-14/h1,3,5,11,18H,2,4,6-10H2. The average Bonchev–Trinajstić information content (AvgIpc) is 2.69. The summed E-state index contributed by atoms with van der Waals surface area (Å²) in [5.41, 5.74) is 3.85. The van der Waals surface area contributed by atoms with E-state index in [1.165, 1.54) is 16.8 Å². The molecule has 1 aliphatic carbocycles. The normalized spacial score (nSPS) is 25.6. The van der Waals surface area contributed by atoms with Crippen LogP contribution >= 0.6 is 0 Å². The molecule has 98 valence electrons. The van der Waals surface area contributed by atoms with Gasteiger partial charge in [-0.25, -0.2) is 8.78 Å². The maximum Gasteiger partial charge on any atom is 0.248 e. The average molecular weight is 251 g/mol. The van der Waals surface area contributed by atoms with Gasteiger partial charge in [-0.1, -0.05) is 12.1 Å². The second-order valence-corrected chi connectivity index (χ2v) is 5.64. The van der Waals surface area contributed by atoms with Crippen molar-refractivity contribution in [3.05, 3.63) is 29.3 Å². The number of rotatable bonds is 2. The molecule has 2 aliphatic rings. The predicted octanol–water partition coefficient (Wildman–Crippen LogP) is 4.02. The zero-order valence-electron chi connectivity index (χ0n) is 10.5. The molecule has 3 heteroatoms. The Bertz CT molecular complexity index is 442. The van der Waals surface area contributed by atoms with Crippen LogP contribution in [0.1, 0.15) is 36.8 Å². The maximum absolute atomic E-state index is 13.2. The Morgan fingerprint density at radius 2 is 2.22 bits per heavy atom. The molecule has 0 bridgehead atoms. The molecule has 18 heavy (non-hydrogen) atoms. The summed E-state index contributed by atoms with van der Waals surface area (Å²) >= 11 is 0. The molecule has 1 atom stereocenters. The van der Waals surface area contributed by atoms with Gasteiger partial charge in [0.25, 0.3) is 0 Å². The third-order valence-electron chi connectivity index (χ3n) is 4.21. The van der Waals surface area contributed by atoms with Crippen LogP contribution in [0.3, 0.4) is 0 Å². The first-order valence-electron chi connectivity index (χ1n) is 6.86. The third kappa shape index (κ3) is 2.36. The van der Waals surface area contributed by atoms with E-state index in [1.807, 2.05) is 6.07 Å². The van der Waals surface area contributed by atoms with Crippen LogP contribution in [-0.2, 0) is 12.8 Å². The highest BCUT2D eigenvalue weighted by molar-refractivity contribution is 5.56. The van der Waals surface area contributed by atoms with Crippen molar-refractivity contribution in [1.82, 2.24) is 0 Å². The fraction of sp³-hybridized carbons (Fsp3) is 0.600. The molecule has 1 heterocycles. The van der Waals surface area contributed by atoms with Crippen LogP contribution in [0, 0.1) is 5.92 Å². The van der Waals surface area contributed by atoms with Gasteiger partial charge in [-0.05, 0) is 48.8 Å². The van der Waals surface area contributed by atoms with E-state index in [1.54, 1.807) is 0 Å². The van der Waals surface area contributed by atoms with E-state index in [-0.39, 0.29) is 18.8 Å². The second-order valence-electron chi connectivity index (χ2n) is 5.64. The molecule has 0 radical (unpaired) electrons. The lowest BCUT2D eigenvalue weighted by Crippen LogP contribution is -2.15. The minimum Gasteiger partial charge on any atom is -0.385 e. The molecule has 1 N–H and O–H groups in total. The van der Waals surface area contributed by atoms with Crippen molar-refractivity contribution in [1.29, 1.82) is 0 Å². The molecule has 3 rings (SSSR count). The first-order chi connectivity index (χ1) is 8.64. The lowest BCUT2D eigenvalue weighted by Gasteiger charge is -2.22. The Labute approximate surface area is 107 Å². The van der Waals surface area contributed by atoms with Gasteiger partial charge in [0.1, 0.15) is 0 Å². The number of hydrogen-bond acceptors (Lipinski definition) is 1. The zero-order valence-corrected chi connectivity index (χ0v) is 10.5. The first kappa shape index (κ1) is 11.9. The second kappa shape index (κ2) is 4.52. The minimum absolute atomic E-state index is 0.0735. The minimum atomic E-state index is -2.42. The fourth-order valence-corrected chi connectivity index (χ4v) is 3.30. The number of alkyl halides is 2. The number of anilines is 1. The van der Waals surface area contributed by atoms with Crippen molar-refractivity contribution in [2.24, 2.45) is 5.92 Å². The number of hydrogen-bond donors (Lipinski definition) is 1. The SMILES string of the molecule is FC1(F)CCC(Cc2cccc3c2CCCN3)C1. The van der Waals surface area contributed by atoms with E-state index in [4.69, 9.17) is 0 Å². The molecule has 0 spiro atoms. The molecule has 1 nitrogen and oxygen atoms in total. The van der Waals surface area contributed by atoms with Gasteiger partial charge in [-0.2, -0.15) is 0 Å². The summed E-state index contributed by atoms with van der Waals surface area (Å²) < 4.78 is 26.4. The highest BCUT2D eigenvalue weighted by Crippen LogP contribution is 2.41. The van der Waals surface area contributed by atoms with Gasteiger partial charge in [0.05, 0.1) is 0 Å². The highest BCUT2D eigenvalue weighted by Gasteiger charge is 2.39. The molecule has 0 amide bonds. The van der Waals surface area contributed by atoms with E-state index in [0.717, 1.165) is 25.8 Å². The van der Waals surface area contributed by atoms with Gasteiger partial charge in [0.2, 0.25) is 5.92 Å². The van der Waals surface area contributed by atoms with Crippen molar-refractivity contribution in [2.75, 3.05) is 11.9 Å². The maximum atomic E-state index is 13.2. The molecule has 1 aromatic carbocycles. The van der Waals surface area contributed by atoms with Gasteiger partial charge >= 0.3 is 0 Å². The topological polar surface area (TPSA) is 12.0 Å². The van der Waals surface area contributed by atoms with Crippen molar-refractivity contribution in [3.63, 3.8) is 0 Å². The highest BCUT2D eigenvalue weighted by atomic mass is 19.3. The Morgan fingerprint density at radius 3 is 3.00 bits per heavy atom. The summed E-state index contributed by atoms with van der Waals surface area (Å²) in [7, 11) is 0. The van der Waals surface area contributed by atoms with Crippen LogP contribution in [0.5, 0.6) is 0 Å². The number of fused-ring (bicyclic) bond motifs is 1. The van der Waals surface area contributed by atoms with Crippen LogP contribution < -0.4 is 5.32 Å². The largest absolute Gasteiger partial charge is 0.385 e. The molecule has 0 aromatic heterocycles. The van der Waals surface area contributed by atoms with E-state index in [9.17, 15) is 8.78 Å². The summed E-state index contributed by atoms with van der Waals surface area (Å²) in [6.07, 6.45) is 3.87. The molecule has 1 saturated carbocycles. The Morgan fingerprint density at radius 1 is 1.33 bits per heavy atom. The molecule has 1 unspecified atom stereocenters. The van der Waals surface area contributed by atoms with Crippen molar-refractivity contribution >= 4 is 5.69 Å². The van der Waals surface area contributed by atoms with Crippen molar-refractivity contribution in [3.8, 4) is 0 Å². The predicted molar refractivity (Wildman–Crippen MR) is 69.2 cm³/mol. The van der Waals surface area contributed by atoms with Crippen LogP contribution in [-0.4, -0.2) is 12.5 Å². The fourth-order valence-electron chi connectivity index (χ4n) is 3.30. The van der Waals surface area contributed by atoms with Crippen molar-refractivity contribution in [2.45, 2.75) is 44.4 Å². The van der Waals surface area contributed by atoms with Crippen LogP contribution in [0.15, 0.2) is 18.2 Å². The monoisotopic (exact) mass is 251 g/mol. The first-order valence-corrected chi connectivity index (χ1v) is 6.86. The van der Waals surface area contributed by atoms with Gasteiger partial charge in [0.15, 0.2) is 0 Å².